The van der Waals surface area contributed by atoms with E-state index in [4.69, 9.17) is 4.74 Å². The molecule has 0 radical (unpaired) electrons. The quantitative estimate of drug-likeness (QED) is 0.784. The molecule has 0 unspecified atom stereocenters. The Morgan fingerprint density at radius 3 is 2.73 bits per heavy atom. The lowest BCUT2D eigenvalue weighted by molar-refractivity contribution is -0.122. The summed E-state index contributed by atoms with van der Waals surface area (Å²) in [7, 11) is 2.01. The normalized spacial score (nSPS) is 17.1. The Hall–Kier alpha value is -3.08. The number of aromatic nitrogens is 1. The molecule has 5 nitrogen and oxygen atoms in total. The molecule has 1 aromatic heterocycles. The maximum Gasteiger partial charge on any atom is 0.248 e. The van der Waals surface area contributed by atoms with Crippen molar-refractivity contribution in [3.63, 3.8) is 0 Å². The maximum atomic E-state index is 12.5. The second kappa shape index (κ2) is 6.67. The second-order valence-corrected chi connectivity index (χ2v) is 6.46. The van der Waals surface area contributed by atoms with Gasteiger partial charge in [0.1, 0.15) is 5.75 Å². The number of hydrogen-bond donors (Lipinski definition) is 1. The van der Waals surface area contributed by atoms with Gasteiger partial charge in [0.25, 0.3) is 0 Å². The molecule has 1 aliphatic rings. The van der Waals surface area contributed by atoms with Crippen molar-refractivity contribution in [2.45, 2.75) is 19.3 Å². The summed E-state index contributed by atoms with van der Waals surface area (Å²) in [6, 6.07) is 16.0. The van der Waals surface area contributed by atoms with E-state index in [1.807, 2.05) is 50.4 Å². The summed E-state index contributed by atoms with van der Waals surface area (Å²) in [6.45, 7) is 2.60. The Labute approximate surface area is 152 Å². The summed E-state index contributed by atoms with van der Waals surface area (Å²) in [6.07, 6.45) is 2.63. The van der Waals surface area contributed by atoms with E-state index in [0.717, 1.165) is 33.5 Å². The minimum absolute atomic E-state index is 0.0592. The summed E-state index contributed by atoms with van der Waals surface area (Å²) in [5, 5.41) is 5.40. The fraction of sp³-hybridized carbons (Fsp3) is 0.238. The Balaban J connectivity index is 1.66. The number of fused-ring (bicyclic) bond motifs is 1. The Morgan fingerprint density at radius 1 is 1.19 bits per heavy atom. The molecule has 5 heteroatoms. The molecule has 0 spiro atoms. The van der Waals surface area contributed by atoms with Crippen LogP contribution in [0.1, 0.15) is 30.4 Å². The average Bonchev–Trinajstić information content (AvgIpc) is 3.00. The van der Waals surface area contributed by atoms with E-state index in [1.165, 1.54) is 0 Å². The highest BCUT2D eigenvalue weighted by molar-refractivity contribution is 6.07. The molecule has 132 valence electrons. The number of ether oxygens (including phenoxy) is 1. The summed E-state index contributed by atoms with van der Waals surface area (Å²) >= 11 is 0. The fourth-order valence-electron chi connectivity index (χ4n) is 3.53. The van der Waals surface area contributed by atoms with Crippen LogP contribution in [-0.2, 0) is 11.8 Å². The van der Waals surface area contributed by atoms with E-state index < -0.39 is 0 Å². The minimum Gasteiger partial charge on any atom is -0.494 e. The molecule has 26 heavy (non-hydrogen) atoms. The molecule has 2 heterocycles. The molecule has 1 aliphatic heterocycles. The first-order valence-electron chi connectivity index (χ1n) is 8.81. The van der Waals surface area contributed by atoms with E-state index in [1.54, 1.807) is 0 Å². The van der Waals surface area contributed by atoms with Crippen molar-refractivity contribution >= 4 is 22.5 Å². The van der Waals surface area contributed by atoms with Crippen molar-refractivity contribution < 1.29 is 9.53 Å². The zero-order valence-electron chi connectivity index (χ0n) is 14.9. The van der Waals surface area contributed by atoms with Crippen molar-refractivity contribution in [3.05, 3.63) is 65.9 Å². The number of nitrogens with one attached hydrogen (secondary N) is 1. The van der Waals surface area contributed by atoms with Crippen molar-refractivity contribution in [2.24, 2.45) is 12.1 Å². The van der Waals surface area contributed by atoms with Crippen LogP contribution in [0.3, 0.4) is 0 Å². The van der Waals surface area contributed by atoms with Gasteiger partial charge in [-0.2, -0.15) is 5.10 Å². The standard InChI is InChI=1S/C21H21N3O2/c1-3-26-15-10-8-14(9-11-15)19-12-17(21(25)23-22-19)18-13-24(2)20-7-5-4-6-16(18)20/h4-11,13,17H,3,12H2,1-2H3,(H,23,25)/t17-/m0/s1. The molecule has 3 aromatic rings. The molecule has 0 fully saturated rings. The molecular formula is C21H21N3O2. The van der Waals surface area contributed by atoms with Gasteiger partial charge in [-0.1, -0.05) is 18.2 Å². The third-order valence-corrected chi connectivity index (χ3v) is 4.82. The minimum atomic E-state index is -0.250. The lowest BCUT2D eigenvalue weighted by Gasteiger charge is -2.21. The Bertz CT molecular complexity index is 986. The van der Waals surface area contributed by atoms with Gasteiger partial charge >= 0.3 is 0 Å². The van der Waals surface area contributed by atoms with Crippen molar-refractivity contribution in [3.8, 4) is 5.75 Å². The molecule has 0 saturated carbocycles. The first kappa shape index (κ1) is 16.4. The summed E-state index contributed by atoms with van der Waals surface area (Å²) in [5.74, 6) is 0.526. The number of hydrazone groups is 1. The van der Waals surface area contributed by atoms with Crippen LogP contribution < -0.4 is 10.2 Å². The highest BCUT2D eigenvalue weighted by atomic mass is 16.5. The van der Waals surface area contributed by atoms with Gasteiger partial charge in [0, 0.05) is 30.6 Å². The zero-order chi connectivity index (χ0) is 18.1. The molecule has 0 saturated heterocycles. The van der Waals surface area contributed by atoms with Gasteiger partial charge in [-0.15, -0.1) is 0 Å². The predicted octanol–water partition coefficient (Wildman–Crippen LogP) is 3.58. The van der Waals surface area contributed by atoms with Gasteiger partial charge in [-0.25, -0.2) is 5.43 Å². The number of benzene rings is 2. The monoisotopic (exact) mass is 347 g/mol. The van der Waals surface area contributed by atoms with Gasteiger partial charge in [-0.3, -0.25) is 4.79 Å². The van der Waals surface area contributed by atoms with Crippen LogP contribution in [0.4, 0.5) is 0 Å². The largest absolute Gasteiger partial charge is 0.494 e. The van der Waals surface area contributed by atoms with Crippen LogP contribution in [-0.4, -0.2) is 22.8 Å². The van der Waals surface area contributed by atoms with E-state index in [0.29, 0.717) is 13.0 Å². The Morgan fingerprint density at radius 2 is 1.96 bits per heavy atom. The SMILES string of the molecule is CCOc1ccc(C2=NNC(=O)[C@H](c3cn(C)c4ccccc34)C2)cc1. The molecule has 4 rings (SSSR count). The summed E-state index contributed by atoms with van der Waals surface area (Å²) < 4.78 is 7.56. The van der Waals surface area contributed by atoms with E-state index in [9.17, 15) is 4.79 Å². The smallest absolute Gasteiger partial charge is 0.248 e. The number of carbonyl (C=O) groups is 1. The predicted molar refractivity (Wildman–Crippen MR) is 103 cm³/mol. The Kier molecular flexibility index (Phi) is 4.21. The van der Waals surface area contributed by atoms with Gasteiger partial charge in [0.15, 0.2) is 0 Å². The van der Waals surface area contributed by atoms with Crippen LogP contribution in [0, 0.1) is 0 Å². The van der Waals surface area contributed by atoms with E-state index in [2.05, 4.69) is 33.4 Å². The third kappa shape index (κ3) is 2.86. The van der Waals surface area contributed by atoms with Crippen molar-refractivity contribution in [1.29, 1.82) is 0 Å². The van der Waals surface area contributed by atoms with Crippen LogP contribution >= 0.6 is 0 Å². The van der Waals surface area contributed by atoms with Crippen LogP contribution in [0.25, 0.3) is 10.9 Å². The number of hydrogen-bond acceptors (Lipinski definition) is 3. The molecular weight excluding hydrogens is 326 g/mol. The van der Waals surface area contributed by atoms with Gasteiger partial charge < -0.3 is 9.30 Å². The maximum absolute atomic E-state index is 12.5. The van der Waals surface area contributed by atoms with Gasteiger partial charge in [-0.05, 0) is 48.4 Å². The highest BCUT2D eigenvalue weighted by Gasteiger charge is 2.29. The number of rotatable bonds is 4. The average molecular weight is 347 g/mol. The topological polar surface area (TPSA) is 55.6 Å². The van der Waals surface area contributed by atoms with E-state index >= 15 is 0 Å². The molecule has 1 atom stereocenters. The third-order valence-electron chi connectivity index (χ3n) is 4.82. The first-order chi connectivity index (χ1) is 12.7. The van der Waals surface area contributed by atoms with Crippen molar-refractivity contribution in [1.82, 2.24) is 9.99 Å². The van der Waals surface area contributed by atoms with Crippen LogP contribution in [0.5, 0.6) is 5.75 Å². The first-order valence-corrected chi connectivity index (χ1v) is 8.81. The molecule has 1 N–H and O–H groups in total. The lowest BCUT2D eigenvalue weighted by Crippen LogP contribution is -2.33. The lowest BCUT2D eigenvalue weighted by atomic mass is 9.89. The number of aryl methyl sites for hydroxylation is 1. The number of para-hydroxylation sites is 1. The summed E-state index contributed by atoms with van der Waals surface area (Å²) in [5.41, 5.74) is 6.75. The van der Waals surface area contributed by atoms with Gasteiger partial charge in [0.05, 0.1) is 18.2 Å². The van der Waals surface area contributed by atoms with Gasteiger partial charge in [0.2, 0.25) is 5.91 Å². The zero-order valence-corrected chi connectivity index (χ0v) is 14.9. The highest BCUT2D eigenvalue weighted by Crippen LogP contribution is 2.32. The summed E-state index contributed by atoms with van der Waals surface area (Å²) in [4.78, 5) is 12.5. The molecule has 2 aromatic carbocycles. The number of nitrogens with zero attached hydrogens (tertiary/aromatic N) is 2. The fourth-order valence-corrected chi connectivity index (χ4v) is 3.53. The number of amides is 1. The van der Waals surface area contributed by atoms with E-state index in [-0.39, 0.29) is 11.8 Å². The van der Waals surface area contributed by atoms with Crippen LogP contribution in [0.2, 0.25) is 0 Å². The molecule has 0 aliphatic carbocycles. The second-order valence-electron chi connectivity index (χ2n) is 6.46. The molecule has 1 amide bonds. The van der Waals surface area contributed by atoms with Crippen molar-refractivity contribution in [2.75, 3.05) is 6.61 Å². The number of carbonyl (C=O) groups excluding carboxylic acids is 1. The molecule has 0 bridgehead atoms. The van der Waals surface area contributed by atoms with Crippen LogP contribution in [0.15, 0.2) is 59.8 Å².